The first-order valence-corrected chi connectivity index (χ1v) is 8.01. The van der Waals surface area contributed by atoms with E-state index in [0.29, 0.717) is 10.8 Å². The fourth-order valence-electron chi connectivity index (χ4n) is 2.84. The maximum Gasteiger partial charge on any atom is 0.344 e. The van der Waals surface area contributed by atoms with Gasteiger partial charge in [-0.2, -0.15) is 0 Å². The van der Waals surface area contributed by atoms with Crippen molar-refractivity contribution < 1.29 is 14.3 Å². The molecule has 0 fully saturated rings. The summed E-state index contributed by atoms with van der Waals surface area (Å²) in [5.74, 6) is -0.609. The van der Waals surface area contributed by atoms with E-state index in [1.807, 2.05) is 32.0 Å². The molecule has 3 rings (SSSR count). The van der Waals surface area contributed by atoms with E-state index in [9.17, 15) is 14.7 Å². The first kappa shape index (κ1) is 16.9. The van der Waals surface area contributed by atoms with Gasteiger partial charge in [-0.25, -0.2) is 4.79 Å². The van der Waals surface area contributed by atoms with Crippen molar-refractivity contribution in [2.75, 3.05) is 6.54 Å². The second kappa shape index (κ2) is 6.91. The molecule has 0 radical (unpaired) electrons. The van der Waals surface area contributed by atoms with Gasteiger partial charge in [-0.1, -0.05) is 47.5 Å². The zero-order valence-corrected chi connectivity index (χ0v) is 14.1. The van der Waals surface area contributed by atoms with Crippen LogP contribution in [0.3, 0.4) is 0 Å². The quantitative estimate of drug-likeness (QED) is 0.767. The molecule has 1 amide bonds. The number of rotatable bonds is 4. The van der Waals surface area contributed by atoms with Gasteiger partial charge < -0.3 is 14.8 Å². The fraction of sp³-hybridized carbons (Fsp3) is 0.200. The average molecular weight is 337 g/mol. The van der Waals surface area contributed by atoms with Gasteiger partial charge in [-0.3, -0.25) is 4.79 Å². The van der Waals surface area contributed by atoms with Crippen LogP contribution >= 0.6 is 0 Å². The molecule has 2 N–H and O–H groups in total. The Hall–Kier alpha value is -2.92. The highest BCUT2D eigenvalue weighted by molar-refractivity contribution is 5.95. The third-order valence-electron chi connectivity index (χ3n) is 3.98. The highest BCUT2D eigenvalue weighted by atomic mass is 16.4. The van der Waals surface area contributed by atoms with Gasteiger partial charge in [-0.15, -0.1) is 0 Å². The minimum absolute atomic E-state index is 0.0261. The Balaban J connectivity index is 1.75. The van der Waals surface area contributed by atoms with E-state index in [4.69, 9.17) is 4.42 Å². The lowest BCUT2D eigenvalue weighted by Gasteiger charge is -2.13. The average Bonchev–Trinajstić information content (AvgIpc) is 2.58. The van der Waals surface area contributed by atoms with Crippen molar-refractivity contribution in [3.05, 3.63) is 81.4 Å². The molecule has 0 aliphatic rings. The third kappa shape index (κ3) is 3.78. The molecule has 0 spiro atoms. The van der Waals surface area contributed by atoms with Gasteiger partial charge in [0.15, 0.2) is 5.76 Å². The number of hydrogen-bond donors (Lipinski definition) is 2. The summed E-state index contributed by atoms with van der Waals surface area (Å²) in [6, 6.07) is 14.2. The van der Waals surface area contributed by atoms with Crippen molar-refractivity contribution in [3.63, 3.8) is 0 Å². The molecule has 5 heteroatoms. The molecular formula is C20H19NO4. The van der Waals surface area contributed by atoms with E-state index in [2.05, 4.69) is 5.32 Å². The number of aliphatic hydroxyl groups excluding tert-OH is 1. The number of aliphatic hydroxyl groups is 1. The minimum Gasteiger partial charge on any atom is -0.417 e. The molecule has 1 aromatic heterocycles. The van der Waals surface area contributed by atoms with Crippen molar-refractivity contribution in [2.24, 2.45) is 0 Å². The molecule has 1 unspecified atom stereocenters. The van der Waals surface area contributed by atoms with Crippen LogP contribution < -0.4 is 10.9 Å². The Kier molecular flexibility index (Phi) is 4.67. The molecule has 0 aliphatic heterocycles. The van der Waals surface area contributed by atoms with Crippen molar-refractivity contribution in [1.82, 2.24) is 5.32 Å². The summed E-state index contributed by atoms with van der Waals surface area (Å²) in [7, 11) is 0. The largest absolute Gasteiger partial charge is 0.417 e. The molecule has 0 aliphatic carbocycles. The van der Waals surface area contributed by atoms with Crippen molar-refractivity contribution in [1.29, 1.82) is 0 Å². The molecule has 3 aromatic rings. The number of amides is 1. The lowest BCUT2D eigenvalue weighted by molar-refractivity contribution is 0.0885. The van der Waals surface area contributed by atoms with Crippen LogP contribution in [0.2, 0.25) is 0 Å². The number of carbonyl (C=O) groups excluding carboxylic acids is 1. The monoisotopic (exact) mass is 337 g/mol. The molecule has 1 heterocycles. The van der Waals surface area contributed by atoms with Gasteiger partial charge in [0.25, 0.3) is 5.91 Å². The zero-order valence-electron chi connectivity index (χ0n) is 14.1. The predicted octanol–water partition coefficient (Wildman–Crippen LogP) is 2.87. The summed E-state index contributed by atoms with van der Waals surface area (Å²) in [4.78, 5) is 24.2. The smallest absolute Gasteiger partial charge is 0.344 e. The van der Waals surface area contributed by atoms with E-state index < -0.39 is 17.6 Å². The van der Waals surface area contributed by atoms with E-state index >= 15 is 0 Å². The Morgan fingerprint density at radius 2 is 1.80 bits per heavy atom. The molecule has 2 aromatic carbocycles. The highest BCUT2D eigenvalue weighted by Gasteiger charge is 2.15. The first-order chi connectivity index (χ1) is 11.9. The van der Waals surface area contributed by atoms with Crippen LogP contribution in [0.15, 0.2) is 57.7 Å². The molecule has 1 atom stereocenters. The Morgan fingerprint density at radius 1 is 1.12 bits per heavy atom. The van der Waals surface area contributed by atoms with Gasteiger partial charge in [0.05, 0.1) is 11.5 Å². The van der Waals surface area contributed by atoms with Crippen molar-refractivity contribution >= 4 is 16.7 Å². The van der Waals surface area contributed by atoms with Crippen molar-refractivity contribution in [3.8, 4) is 0 Å². The number of aryl methyl sites for hydroxylation is 2. The van der Waals surface area contributed by atoms with E-state index in [-0.39, 0.29) is 12.3 Å². The molecule has 0 bridgehead atoms. The van der Waals surface area contributed by atoms with Crippen molar-refractivity contribution in [2.45, 2.75) is 20.0 Å². The zero-order chi connectivity index (χ0) is 18.0. The van der Waals surface area contributed by atoms with Crippen LogP contribution in [0.25, 0.3) is 10.8 Å². The van der Waals surface area contributed by atoms with Gasteiger partial charge in [0.2, 0.25) is 0 Å². The van der Waals surface area contributed by atoms with E-state index in [1.54, 1.807) is 24.3 Å². The van der Waals surface area contributed by atoms with Gasteiger partial charge >= 0.3 is 5.63 Å². The molecule has 128 valence electrons. The third-order valence-corrected chi connectivity index (χ3v) is 3.98. The fourth-order valence-corrected chi connectivity index (χ4v) is 2.84. The number of carbonyl (C=O) groups is 1. The summed E-state index contributed by atoms with van der Waals surface area (Å²) in [5, 5.41) is 14.0. The Bertz CT molecular complexity index is 970. The number of nitrogens with one attached hydrogen (secondary N) is 1. The van der Waals surface area contributed by atoms with E-state index in [0.717, 1.165) is 16.7 Å². The first-order valence-electron chi connectivity index (χ1n) is 8.01. The predicted molar refractivity (Wildman–Crippen MR) is 95.7 cm³/mol. The Labute approximate surface area is 144 Å². The van der Waals surface area contributed by atoms with Crippen LogP contribution in [-0.4, -0.2) is 17.6 Å². The normalized spacial score (nSPS) is 12.1. The second-order valence-electron chi connectivity index (χ2n) is 6.13. The second-order valence-corrected chi connectivity index (χ2v) is 6.13. The maximum atomic E-state index is 12.3. The standard InChI is InChI=1S/C20H19NO4/c1-12-7-13(2)9-15(8-12)17(22)11-21-19(23)18-10-14-5-3-4-6-16(14)20(24)25-18/h3-10,17,22H,11H2,1-2H3,(H,21,23). The lowest BCUT2D eigenvalue weighted by atomic mass is 10.0. The molecule has 5 nitrogen and oxygen atoms in total. The number of fused-ring (bicyclic) bond motifs is 1. The van der Waals surface area contributed by atoms with E-state index in [1.165, 1.54) is 6.07 Å². The molecular weight excluding hydrogens is 318 g/mol. The minimum atomic E-state index is -0.838. The summed E-state index contributed by atoms with van der Waals surface area (Å²) in [6.07, 6.45) is -0.838. The maximum absolute atomic E-state index is 12.3. The lowest BCUT2D eigenvalue weighted by Crippen LogP contribution is -2.29. The Morgan fingerprint density at radius 3 is 2.52 bits per heavy atom. The topological polar surface area (TPSA) is 79.5 Å². The molecule has 0 saturated heterocycles. The van der Waals surface area contributed by atoms with Crippen LogP contribution in [-0.2, 0) is 0 Å². The number of hydrogen-bond acceptors (Lipinski definition) is 4. The van der Waals surface area contributed by atoms with Crippen LogP contribution in [0.4, 0.5) is 0 Å². The van der Waals surface area contributed by atoms with Gasteiger partial charge in [0, 0.05) is 6.54 Å². The highest BCUT2D eigenvalue weighted by Crippen LogP contribution is 2.17. The van der Waals surface area contributed by atoms with Gasteiger partial charge in [0.1, 0.15) is 0 Å². The summed E-state index contributed by atoms with van der Waals surface area (Å²) in [5.41, 5.74) is 2.26. The molecule has 25 heavy (non-hydrogen) atoms. The summed E-state index contributed by atoms with van der Waals surface area (Å²) in [6.45, 7) is 3.93. The number of benzene rings is 2. The molecule has 0 saturated carbocycles. The van der Waals surface area contributed by atoms with Gasteiger partial charge in [-0.05, 0) is 36.9 Å². The SMILES string of the molecule is Cc1cc(C)cc(C(O)CNC(=O)c2cc3ccccc3c(=O)o2)c1. The summed E-state index contributed by atoms with van der Waals surface area (Å²) >= 11 is 0. The van der Waals surface area contributed by atoms with Crippen LogP contribution in [0.5, 0.6) is 0 Å². The van der Waals surface area contributed by atoms with Crippen LogP contribution in [0, 0.1) is 13.8 Å². The van der Waals surface area contributed by atoms with Crippen LogP contribution in [0.1, 0.15) is 33.3 Å². The summed E-state index contributed by atoms with van der Waals surface area (Å²) < 4.78 is 5.08.